The predicted octanol–water partition coefficient (Wildman–Crippen LogP) is 2.99. The van der Waals surface area contributed by atoms with Crippen LogP contribution in [0, 0.1) is 6.92 Å². The Bertz CT molecular complexity index is 1380. The zero-order valence-electron chi connectivity index (χ0n) is 18.4. The number of likely N-dealkylation sites (N-methyl/N-ethyl adjacent to an activating group) is 1. The minimum atomic E-state index is -0.476. The number of pyridine rings is 1. The van der Waals surface area contributed by atoms with Gasteiger partial charge in [0.05, 0.1) is 17.4 Å². The first kappa shape index (κ1) is 19.7. The maximum atomic E-state index is 11.4. The Labute approximate surface area is 189 Å². The third-order valence-corrected chi connectivity index (χ3v) is 6.47. The van der Waals surface area contributed by atoms with Gasteiger partial charge in [-0.25, -0.2) is 14.8 Å². The van der Waals surface area contributed by atoms with Gasteiger partial charge in [-0.3, -0.25) is 9.88 Å². The highest BCUT2D eigenvalue weighted by Gasteiger charge is 2.41. The molecule has 2 fully saturated rings. The van der Waals surface area contributed by atoms with Gasteiger partial charge in [0.1, 0.15) is 11.6 Å². The van der Waals surface area contributed by atoms with Crippen molar-refractivity contribution in [3.05, 3.63) is 58.8 Å². The molecular formula is C23H24N8O2. The van der Waals surface area contributed by atoms with Crippen LogP contribution < -0.4 is 21.3 Å². The number of benzene rings is 1. The molecule has 0 saturated carbocycles. The molecule has 4 aromatic rings. The zero-order valence-corrected chi connectivity index (χ0v) is 18.4. The van der Waals surface area contributed by atoms with E-state index >= 15 is 0 Å². The van der Waals surface area contributed by atoms with Gasteiger partial charge in [0.15, 0.2) is 5.58 Å². The molecule has 1 aromatic carbocycles. The van der Waals surface area contributed by atoms with Gasteiger partial charge >= 0.3 is 5.76 Å². The molecule has 0 amide bonds. The second kappa shape index (κ2) is 7.59. The number of aryl methyl sites for hydroxylation is 1. The van der Waals surface area contributed by atoms with E-state index in [1.54, 1.807) is 18.3 Å². The summed E-state index contributed by atoms with van der Waals surface area (Å²) >= 11 is 0. The summed E-state index contributed by atoms with van der Waals surface area (Å²) in [5.41, 5.74) is 3.64. The molecule has 6 rings (SSSR count). The number of anilines is 5. The van der Waals surface area contributed by atoms with E-state index in [9.17, 15) is 4.79 Å². The van der Waals surface area contributed by atoms with Gasteiger partial charge in [-0.15, -0.1) is 0 Å². The fourth-order valence-corrected chi connectivity index (χ4v) is 4.70. The monoisotopic (exact) mass is 444 g/mol. The molecule has 0 aliphatic carbocycles. The Morgan fingerprint density at radius 1 is 1.06 bits per heavy atom. The number of rotatable bonds is 5. The normalized spacial score (nSPS) is 20.0. The largest absolute Gasteiger partial charge is 0.417 e. The lowest BCUT2D eigenvalue weighted by molar-refractivity contribution is 0.292. The first-order valence-electron chi connectivity index (χ1n) is 11.0. The molecule has 33 heavy (non-hydrogen) atoms. The maximum Gasteiger partial charge on any atom is 0.417 e. The molecule has 0 spiro atoms. The van der Waals surface area contributed by atoms with Crippen LogP contribution >= 0.6 is 0 Å². The van der Waals surface area contributed by atoms with Gasteiger partial charge in [0, 0.05) is 42.6 Å². The number of hydrogen-bond donors (Lipinski definition) is 3. The van der Waals surface area contributed by atoms with E-state index in [0.717, 1.165) is 35.8 Å². The van der Waals surface area contributed by atoms with E-state index in [-0.39, 0.29) is 0 Å². The van der Waals surface area contributed by atoms with Crippen molar-refractivity contribution in [3.8, 4) is 0 Å². The molecule has 3 aromatic heterocycles. The van der Waals surface area contributed by atoms with Crippen molar-refractivity contribution in [1.82, 2.24) is 24.8 Å². The first-order valence-corrected chi connectivity index (χ1v) is 11.0. The number of fused-ring (bicyclic) bond motifs is 3. The number of aromatic nitrogens is 4. The van der Waals surface area contributed by atoms with Crippen LogP contribution in [0.3, 0.4) is 0 Å². The van der Waals surface area contributed by atoms with E-state index in [2.05, 4.69) is 53.5 Å². The van der Waals surface area contributed by atoms with Crippen molar-refractivity contribution >= 4 is 40.1 Å². The topological polar surface area (TPSA) is 115 Å². The van der Waals surface area contributed by atoms with Crippen molar-refractivity contribution in [2.75, 3.05) is 35.7 Å². The number of nitrogens with zero attached hydrogens (tertiary/aromatic N) is 5. The quantitative estimate of drug-likeness (QED) is 0.427. The standard InChI is InChI=1S/C23H24N8O2/c1-13-9-25-22(29-21(13)26-14-3-5-19-18(7-14)28-23(32)33-19)27-15-4-6-20(24-10-15)31-12-16-8-17(31)11-30(16)2/h3-7,9-10,16-17H,8,11-12H2,1-2H3,(H,28,32)(H2,25,26,27,29)/t16-,17-/m0/s1. The lowest BCUT2D eigenvalue weighted by Crippen LogP contribution is -2.44. The number of hydrogen-bond acceptors (Lipinski definition) is 9. The SMILES string of the molecule is Cc1cnc(Nc2ccc(N3C[C@@H]4C[C@H]3CN4C)nc2)nc1Nc1ccc2oc(=O)[nH]c2c1. The summed E-state index contributed by atoms with van der Waals surface area (Å²) in [5, 5.41) is 6.52. The van der Waals surface area contributed by atoms with Crippen LogP contribution in [0.5, 0.6) is 0 Å². The molecule has 0 radical (unpaired) electrons. The highest BCUT2D eigenvalue weighted by atomic mass is 16.4. The van der Waals surface area contributed by atoms with Gasteiger partial charge in [0.2, 0.25) is 5.95 Å². The van der Waals surface area contributed by atoms with Gasteiger partial charge in [0.25, 0.3) is 0 Å². The van der Waals surface area contributed by atoms with Gasteiger partial charge < -0.3 is 20.0 Å². The fraction of sp³-hybridized carbons (Fsp3) is 0.304. The molecule has 168 valence electrons. The summed E-state index contributed by atoms with van der Waals surface area (Å²) in [6.45, 7) is 4.07. The fourth-order valence-electron chi connectivity index (χ4n) is 4.70. The third-order valence-electron chi connectivity index (χ3n) is 6.47. The van der Waals surface area contributed by atoms with Crippen molar-refractivity contribution in [2.45, 2.75) is 25.4 Å². The van der Waals surface area contributed by atoms with Crippen molar-refractivity contribution in [1.29, 1.82) is 0 Å². The van der Waals surface area contributed by atoms with Gasteiger partial charge in [-0.2, -0.15) is 4.98 Å². The molecule has 2 atom stereocenters. The molecule has 2 aliphatic heterocycles. The average molecular weight is 444 g/mol. The molecule has 2 saturated heterocycles. The summed E-state index contributed by atoms with van der Waals surface area (Å²) in [4.78, 5) is 32.6. The zero-order chi connectivity index (χ0) is 22.5. The van der Waals surface area contributed by atoms with E-state index in [1.165, 1.54) is 6.42 Å². The average Bonchev–Trinajstić information content (AvgIpc) is 3.49. The number of aromatic amines is 1. The summed E-state index contributed by atoms with van der Waals surface area (Å²) in [6.07, 6.45) is 4.80. The first-order chi connectivity index (χ1) is 16.0. The van der Waals surface area contributed by atoms with Crippen LogP contribution in [0.25, 0.3) is 11.1 Å². The maximum absolute atomic E-state index is 11.4. The number of piperazine rings is 1. The Morgan fingerprint density at radius 3 is 2.70 bits per heavy atom. The molecule has 5 heterocycles. The molecule has 2 bridgehead atoms. The molecular weight excluding hydrogens is 420 g/mol. The minimum Gasteiger partial charge on any atom is -0.408 e. The molecule has 2 aliphatic rings. The van der Waals surface area contributed by atoms with Gasteiger partial charge in [-0.05, 0) is 50.7 Å². The Kier molecular flexibility index (Phi) is 4.54. The molecule has 10 heteroatoms. The van der Waals surface area contributed by atoms with Crippen LogP contribution in [-0.2, 0) is 0 Å². The lowest BCUT2D eigenvalue weighted by Gasteiger charge is -2.32. The second-order valence-electron chi connectivity index (χ2n) is 8.74. The van der Waals surface area contributed by atoms with Crippen LogP contribution in [0.2, 0.25) is 0 Å². The summed E-state index contributed by atoms with van der Waals surface area (Å²) in [7, 11) is 2.20. The van der Waals surface area contributed by atoms with Crippen LogP contribution in [-0.4, -0.2) is 57.1 Å². The lowest BCUT2D eigenvalue weighted by atomic mass is 10.2. The molecule has 3 N–H and O–H groups in total. The van der Waals surface area contributed by atoms with Crippen LogP contribution in [0.4, 0.5) is 29.0 Å². The van der Waals surface area contributed by atoms with Crippen LogP contribution in [0.1, 0.15) is 12.0 Å². The summed E-state index contributed by atoms with van der Waals surface area (Å²) in [6, 6.07) is 10.6. The summed E-state index contributed by atoms with van der Waals surface area (Å²) in [5.74, 6) is 1.67. The third kappa shape index (κ3) is 3.68. The minimum absolute atomic E-state index is 0.470. The van der Waals surface area contributed by atoms with E-state index in [4.69, 9.17) is 4.42 Å². The van der Waals surface area contributed by atoms with E-state index in [1.807, 2.05) is 25.3 Å². The predicted molar refractivity (Wildman–Crippen MR) is 127 cm³/mol. The highest BCUT2D eigenvalue weighted by molar-refractivity contribution is 5.78. The Balaban J connectivity index is 1.17. The number of likely N-dealkylation sites (tertiary alicyclic amines) is 1. The van der Waals surface area contributed by atoms with Gasteiger partial charge in [-0.1, -0.05) is 0 Å². The Hall–Kier alpha value is -3.92. The molecule has 0 unspecified atom stereocenters. The Morgan fingerprint density at radius 2 is 1.94 bits per heavy atom. The van der Waals surface area contributed by atoms with Crippen LogP contribution in [0.15, 0.2) is 51.9 Å². The smallest absolute Gasteiger partial charge is 0.408 e. The summed E-state index contributed by atoms with van der Waals surface area (Å²) < 4.78 is 5.06. The van der Waals surface area contributed by atoms with Crippen molar-refractivity contribution in [3.63, 3.8) is 0 Å². The van der Waals surface area contributed by atoms with Crippen molar-refractivity contribution < 1.29 is 4.42 Å². The number of H-pyrrole nitrogens is 1. The van der Waals surface area contributed by atoms with E-state index < -0.39 is 5.76 Å². The van der Waals surface area contributed by atoms with Crippen molar-refractivity contribution in [2.24, 2.45) is 0 Å². The second-order valence-corrected chi connectivity index (χ2v) is 8.74. The molecule has 10 nitrogen and oxygen atoms in total. The highest BCUT2D eigenvalue weighted by Crippen LogP contribution is 2.33. The van der Waals surface area contributed by atoms with E-state index in [0.29, 0.717) is 34.9 Å². The number of oxazole rings is 1. The number of nitrogens with one attached hydrogen (secondary N) is 3.